The third-order valence-electron chi connectivity index (χ3n) is 2.75. The molecule has 0 unspecified atom stereocenters. The number of nitrogens with one attached hydrogen (secondary N) is 1. The van der Waals surface area contributed by atoms with E-state index in [2.05, 4.69) is 16.9 Å². The van der Waals surface area contributed by atoms with Crippen molar-refractivity contribution in [1.82, 2.24) is 9.97 Å². The van der Waals surface area contributed by atoms with Crippen LogP contribution in [-0.4, -0.2) is 9.97 Å². The fourth-order valence-electron chi connectivity index (χ4n) is 1.41. The summed E-state index contributed by atoms with van der Waals surface area (Å²) in [5, 5.41) is 0. The first-order valence-corrected chi connectivity index (χ1v) is 4.42. The van der Waals surface area contributed by atoms with E-state index in [9.17, 15) is 0 Å². The van der Waals surface area contributed by atoms with Gasteiger partial charge in [0.25, 0.3) is 0 Å². The summed E-state index contributed by atoms with van der Waals surface area (Å²) in [6.45, 7) is 4.81. The lowest BCUT2D eigenvalue weighted by molar-refractivity contribution is 0.719. The molecule has 0 aromatic carbocycles. The largest absolute Gasteiger partial charge is 0.345 e. The number of nitrogens with two attached hydrogens (primary N) is 1. The summed E-state index contributed by atoms with van der Waals surface area (Å²) >= 11 is 0. The third kappa shape index (κ3) is 1.05. The Bertz CT molecular complexity index is 297. The quantitative estimate of drug-likeness (QED) is 0.692. The third-order valence-corrected chi connectivity index (χ3v) is 2.75. The number of imidazole rings is 1. The van der Waals surface area contributed by atoms with Crippen molar-refractivity contribution in [3.05, 3.63) is 17.2 Å². The molecule has 66 valence electrons. The van der Waals surface area contributed by atoms with E-state index in [1.165, 1.54) is 12.8 Å². The molecule has 1 fully saturated rings. The van der Waals surface area contributed by atoms with Crippen LogP contribution in [0.5, 0.6) is 0 Å². The Morgan fingerprint density at radius 1 is 1.58 bits per heavy atom. The van der Waals surface area contributed by atoms with Gasteiger partial charge in [-0.2, -0.15) is 0 Å². The monoisotopic (exact) mass is 165 g/mol. The zero-order valence-corrected chi connectivity index (χ0v) is 7.65. The number of aromatic amines is 1. The number of aryl methyl sites for hydroxylation is 1. The molecule has 0 bridgehead atoms. The van der Waals surface area contributed by atoms with Gasteiger partial charge in [-0.1, -0.05) is 6.92 Å². The lowest BCUT2D eigenvalue weighted by atomic mass is 10.1. The SMILES string of the molecule is Cc1[nH]c(C2(C)CC2)nc1CN. The van der Waals surface area contributed by atoms with E-state index in [-0.39, 0.29) is 0 Å². The molecule has 0 aliphatic heterocycles. The first kappa shape index (κ1) is 7.80. The number of aromatic nitrogens is 2. The summed E-state index contributed by atoms with van der Waals surface area (Å²) in [7, 11) is 0. The van der Waals surface area contributed by atoms with Gasteiger partial charge in [0.1, 0.15) is 5.82 Å². The van der Waals surface area contributed by atoms with Crippen LogP contribution in [0, 0.1) is 6.92 Å². The Morgan fingerprint density at radius 2 is 2.25 bits per heavy atom. The molecule has 3 N–H and O–H groups in total. The lowest BCUT2D eigenvalue weighted by Crippen LogP contribution is -2.03. The standard InChI is InChI=1S/C9H15N3/c1-6-7(5-10)12-8(11-6)9(2)3-4-9/h3-5,10H2,1-2H3,(H,11,12). The van der Waals surface area contributed by atoms with Gasteiger partial charge in [0.2, 0.25) is 0 Å². The van der Waals surface area contributed by atoms with Crippen LogP contribution in [0.3, 0.4) is 0 Å². The molecule has 1 aromatic heterocycles. The second-order valence-electron chi connectivity index (χ2n) is 3.92. The van der Waals surface area contributed by atoms with Crippen LogP contribution in [0.15, 0.2) is 0 Å². The molecule has 0 amide bonds. The van der Waals surface area contributed by atoms with Crippen molar-refractivity contribution in [2.75, 3.05) is 0 Å². The number of nitrogens with zero attached hydrogens (tertiary/aromatic N) is 1. The highest BCUT2D eigenvalue weighted by atomic mass is 15.0. The topological polar surface area (TPSA) is 54.7 Å². The number of hydrogen-bond donors (Lipinski definition) is 2. The molecule has 1 aliphatic rings. The van der Waals surface area contributed by atoms with Gasteiger partial charge in [-0.3, -0.25) is 0 Å². The summed E-state index contributed by atoms with van der Waals surface area (Å²) in [6, 6.07) is 0. The minimum absolute atomic E-state index is 0.332. The maximum Gasteiger partial charge on any atom is 0.112 e. The Kier molecular flexibility index (Phi) is 1.51. The Balaban J connectivity index is 2.34. The average Bonchev–Trinajstić information content (AvgIpc) is 2.65. The zero-order chi connectivity index (χ0) is 8.77. The highest BCUT2D eigenvalue weighted by molar-refractivity contribution is 5.22. The summed E-state index contributed by atoms with van der Waals surface area (Å²) < 4.78 is 0. The highest BCUT2D eigenvalue weighted by Gasteiger charge is 2.42. The zero-order valence-electron chi connectivity index (χ0n) is 7.65. The molecule has 0 saturated heterocycles. The molecule has 1 saturated carbocycles. The Morgan fingerprint density at radius 3 is 2.67 bits per heavy atom. The molecule has 3 nitrogen and oxygen atoms in total. The van der Waals surface area contributed by atoms with Crippen molar-refractivity contribution in [3.8, 4) is 0 Å². The van der Waals surface area contributed by atoms with Gasteiger partial charge in [0.15, 0.2) is 0 Å². The number of rotatable bonds is 2. The first-order chi connectivity index (χ1) is 5.65. The van der Waals surface area contributed by atoms with Crippen LogP contribution in [0.2, 0.25) is 0 Å². The fraction of sp³-hybridized carbons (Fsp3) is 0.667. The van der Waals surface area contributed by atoms with Crippen LogP contribution < -0.4 is 5.73 Å². The van der Waals surface area contributed by atoms with Crippen LogP contribution in [0.4, 0.5) is 0 Å². The maximum atomic E-state index is 5.55. The van der Waals surface area contributed by atoms with E-state index in [0.29, 0.717) is 12.0 Å². The molecule has 0 spiro atoms. The minimum atomic E-state index is 0.332. The van der Waals surface area contributed by atoms with Crippen molar-refractivity contribution >= 4 is 0 Å². The second kappa shape index (κ2) is 2.33. The van der Waals surface area contributed by atoms with Gasteiger partial charge in [-0.25, -0.2) is 4.98 Å². The predicted molar refractivity (Wildman–Crippen MR) is 47.8 cm³/mol. The molecule has 1 heterocycles. The predicted octanol–water partition coefficient (Wildman–Crippen LogP) is 1.23. The van der Waals surface area contributed by atoms with Gasteiger partial charge in [0, 0.05) is 17.7 Å². The summed E-state index contributed by atoms with van der Waals surface area (Å²) in [4.78, 5) is 7.79. The summed E-state index contributed by atoms with van der Waals surface area (Å²) in [5.41, 5.74) is 8.01. The van der Waals surface area contributed by atoms with Crippen molar-refractivity contribution in [1.29, 1.82) is 0 Å². The van der Waals surface area contributed by atoms with Crippen LogP contribution in [0.25, 0.3) is 0 Å². The first-order valence-electron chi connectivity index (χ1n) is 4.42. The molecule has 0 radical (unpaired) electrons. The Hall–Kier alpha value is -0.830. The van der Waals surface area contributed by atoms with Gasteiger partial charge >= 0.3 is 0 Å². The van der Waals surface area contributed by atoms with E-state index in [1.54, 1.807) is 0 Å². The molecule has 2 rings (SSSR count). The van der Waals surface area contributed by atoms with Crippen LogP contribution in [-0.2, 0) is 12.0 Å². The van der Waals surface area contributed by atoms with Crippen LogP contribution >= 0.6 is 0 Å². The number of hydrogen-bond acceptors (Lipinski definition) is 2. The van der Waals surface area contributed by atoms with Crippen molar-refractivity contribution in [2.24, 2.45) is 5.73 Å². The van der Waals surface area contributed by atoms with Crippen LogP contribution in [0.1, 0.15) is 37.0 Å². The fourth-order valence-corrected chi connectivity index (χ4v) is 1.41. The maximum absolute atomic E-state index is 5.55. The summed E-state index contributed by atoms with van der Waals surface area (Å²) in [5.74, 6) is 1.13. The van der Waals surface area contributed by atoms with Gasteiger partial charge in [0.05, 0.1) is 5.69 Å². The van der Waals surface area contributed by atoms with E-state index >= 15 is 0 Å². The Labute approximate surface area is 72.4 Å². The average molecular weight is 165 g/mol. The minimum Gasteiger partial charge on any atom is -0.345 e. The van der Waals surface area contributed by atoms with Crippen molar-refractivity contribution < 1.29 is 0 Å². The van der Waals surface area contributed by atoms with Crippen molar-refractivity contribution in [3.63, 3.8) is 0 Å². The van der Waals surface area contributed by atoms with E-state index in [4.69, 9.17) is 5.73 Å². The van der Waals surface area contributed by atoms with Gasteiger partial charge < -0.3 is 10.7 Å². The van der Waals surface area contributed by atoms with E-state index in [0.717, 1.165) is 17.2 Å². The molecule has 12 heavy (non-hydrogen) atoms. The molecular weight excluding hydrogens is 150 g/mol. The van der Waals surface area contributed by atoms with Gasteiger partial charge in [-0.15, -0.1) is 0 Å². The number of H-pyrrole nitrogens is 1. The summed E-state index contributed by atoms with van der Waals surface area (Å²) in [6.07, 6.45) is 2.51. The molecule has 1 aromatic rings. The van der Waals surface area contributed by atoms with E-state index in [1.807, 2.05) is 6.92 Å². The normalized spacial score (nSPS) is 19.6. The second-order valence-corrected chi connectivity index (χ2v) is 3.92. The highest BCUT2D eigenvalue weighted by Crippen LogP contribution is 2.46. The molecular formula is C9H15N3. The smallest absolute Gasteiger partial charge is 0.112 e. The van der Waals surface area contributed by atoms with Gasteiger partial charge in [-0.05, 0) is 19.8 Å². The molecule has 0 atom stereocenters. The molecule has 3 heteroatoms. The molecule has 1 aliphatic carbocycles. The van der Waals surface area contributed by atoms with E-state index < -0.39 is 0 Å². The van der Waals surface area contributed by atoms with Crippen molar-refractivity contribution in [2.45, 2.75) is 38.6 Å². The lowest BCUT2D eigenvalue weighted by Gasteiger charge is -2.01.